The van der Waals surface area contributed by atoms with Crippen molar-refractivity contribution in [2.24, 2.45) is 0 Å². The van der Waals surface area contributed by atoms with Crippen LogP contribution >= 0.6 is 35.6 Å². The maximum absolute atomic E-state index is 12.5. The maximum Gasteiger partial charge on any atom is 0.240 e. The fourth-order valence-electron chi connectivity index (χ4n) is 3.22. The number of halogens is 3. The lowest BCUT2D eigenvalue weighted by atomic mass is 10.0. The lowest BCUT2D eigenvalue weighted by Gasteiger charge is -2.29. The normalized spacial score (nSPS) is 27.5. The number of sulfonamides is 1. The molecule has 2 bridgehead atoms. The van der Waals surface area contributed by atoms with Crippen molar-refractivity contribution in [3.63, 3.8) is 0 Å². The number of hydrogen-bond acceptors (Lipinski definition) is 3. The third-order valence-electron chi connectivity index (χ3n) is 4.36. The summed E-state index contributed by atoms with van der Waals surface area (Å²) in [4.78, 5) is 0.133. The molecule has 1 aromatic rings. The Morgan fingerprint density at radius 2 is 1.64 bits per heavy atom. The van der Waals surface area contributed by atoms with Gasteiger partial charge >= 0.3 is 0 Å². The molecule has 0 spiro atoms. The van der Waals surface area contributed by atoms with Gasteiger partial charge in [0.15, 0.2) is 0 Å². The molecule has 22 heavy (non-hydrogen) atoms. The summed E-state index contributed by atoms with van der Waals surface area (Å²) in [6.45, 7) is 1.76. The summed E-state index contributed by atoms with van der Waals surface area (Å²) >= 11 is 12.1. The molecule has 2 N–H and O–H groups in total. The van der Waals surface area contributed by atoms with Crippen molar-refractivity contribution < 1.29 is 8.42 Å². The van der Waals surface area contributed by atoms with Gasteiger partial charge in [0.05, 0.1) is 4.90 Å². The van der Waals surface area contributed by atoms with Gasteiger partial charge in [0.2, 0.25) is 10.0 Å². The van der Waals surface area contributed by atoms with Crippen LogP contribution in [0, 0.1) is 6.92 Å². The standard InChI is InChI=1S/C14H18Cl2N2O2S.ClH/c1-8-13(15)6-12(7-14(8)16)21(19,20)18-11-4-9-2-3-10(5-11)17-9;/h6-7,9-11,17-18H,2-5H2,1H3;1H. The Balaban J connectivity index is 0.00000176. The van der Waals surface area contributed by atoms with Crippen LogP contribution in [0.3, 0.4) is 0 Å². The van der Waals surface area contributed by atoms with Crippen LogP contribution in [-0.2, 0) is 10.0 Å². The molecular formula is C14H19Cl3N2O2S. The van der Waals surface area contributed by atoms with Gasteiger partial charge in [-0.15, -0.1) is 12.4 Å². The van der Waals surface area contributed by atoms with Gasteiger partial charge in [-0.3, -0.25) is 0 Å². The van der Waals surface area contributed by atoms with E-state index >= 15 is 0 Å². The fraction of sp³-hybridized carbons (Fsp3) is 0.571. The van der Waals surface area contributed by atoms with Crippen molar-refractivity contribution in [2.45, 2.75) is 55.6 Å². The second-order valence-electron chi connectivity index (χ2n) is 5.94. The van der Waals surface area contributed by atoms with E-state index in [1.54, 1.807) is 6.92 Å². The second-order valence-corrected chi connectivity index (χ2v) is 8.47. The summed E-state index contributed by atoms with van der Waals surface area (Å²) in [6.07, 6.45) is 3.93. The number of benzene rings is 1. The summed E-state index contributed by atoms with van der Waals surface area (Å²) in [5.41, 5.74) is 0.692. The largest absolute Gasteiger partial charge is 0.311 e. The molecule has 2 aliphatic rings. The Bertz CT molecular complexity index is 631. The van der Waals surface area contributed by atoms with E-state index in [9.17, 15) is 8.42 Å². The predicted molar refractivity (Wildman–Crippen MR) is 91.7 cm³/mol. The summed E-state index contributed by atoms with van der Waals surface area (Å²) in [5, 5.41) is 4.23. The number of nitrogens with one attached hydrogen (secondary N) is 2. The number of hydrogen-bond donors (Lipinski definition) is 2. The van der Waals surface area contributed by atoms with E-state index in [0.29, 0.717) is 27.7 Å². The van der Waals surface area contributed by atoms with Crippen LogP contribution in [0.25, 0.3) is 0 Å². The van der Waals surface area contributed by atoms with Gasteiger partial charge in [0.1, 0.15) is 0 Å². The molecule has 2 heterocycles. The zero-order valence-electron chi connectivity index (χ0n) is 12.1. The van der Waals surface area contributed by atoms with Gasteiger partial charge < -0.3 is 5.32 Å². The zero-order valence-corrected chi connectivity index (χ0v) is 15.2. The molecule has 2 saturated heterocycles. The topological polar surface area (TPSA) is 58.2 Å². The van der Waals surface area contributed by atoms with Crippen LogP contribution in [0.5, 0.6) is 0 Å². The van der Waals surface area contributed by atoms with Crippen molar-refractivity contribution in [1.29, 1.82) is 0 Å². The highest BCUT2D eigenvalue weighted by molar-refractivity contribution is 7.89. The first-order valence-electron chi connectivity index (χ1n) is 7.09. The third-order valence-corrected chi connectivity index (χ3v) is 6.64. The summed E-state index contributed by atoms with van der Waals surface area (Å²) in [5.74, 6) is 0. The van der Waals surface area contributed by atoms with Gasteiger partial charge in [-0.2, -0.15) is 0 Å². The Hall–Kier alpha value is -0.0400. The minimum Gasteiger partial charge on any atom is -0.311 e. The first kappa shape index (κ1) is 18.3. The Morgan fingerprint density at radius 1 is 1.14 bits per heavy atom. The van der Waals surface area contributed by atoms with Gasteiger partial charge in [-0.05, 0) is 50.3 Å². The summed E-state index contributed by atoms with van der Waals surface area (Å²) < 4.78 is 27.8. The van der Waals surface area contributed by atoms with E-state index in [1.807, 2.05) is 0 Å². The van der Waals surface area contributed by atoms with Crippen molar-refractivity contribution in [3.8, 4) is 0 Å². The first-order chi connectivity index (χ1) is 9.85. The second kappa shape index (κ2) is 6.83. The molecule has 8 heteroatoms. The molecule has 1 aromatic carbocycles. The predicted octanol–water partition coefficient (Wildman–Crippen LogP) is 3.28. The Kier molecular flexibility index (Phi) is 5.68. The molecule has 4 nitrogen and oxygen atoms in total. The molecule has 0 saturated carbocycles. The minimum atomic E-state index is -3.59. The van der Waals surface area contributed by atoms with Crippen LogP contribution < -0.4 is 10.0 Å². The molecule has 2 aliphatic heterocycles. The molecule has 0 aromatic heterocycles. The number of rotatable bonds is 3. The maximum atomic E-state index is 12.5. The van der Waals surface area contributed by atoms with E-state index in [-0.39, 0.29) is 23.3 Å². The highest BCUT2D eigenvalue weighted by Gasteiger charge is 2.35. The van der Waals surface area contributed by atoms with Crippen molar-refractivity contribution >= 4 is 45.6 Å². The van der Waals surface area contributed by atoms with Crippen LogP contribution in [-0.4, -0.2) is 26.5 Å². The first-order valence-corrected chi connectivity index (χ1v) is 9.33. The monoisotopic (exact) mass is 384 g/mol. The highest BCUT2D eigenvalue weighted by Crippen LogP contribution is 2.30. The van der Waals surface area contributed by atoms with Crippen LogP contribution in [0.2, 0.25) is 10.0 Å². The Morgan fingerprint density at radius 3 is 2.14 bits per heavy atom. The molecule has 0 aliphatic carbocycles. The average molecular weight is 386 g/mol. The lowest BCUT2D eigenvalue weighted by molar-refractivity contribution is 0.345. The van der Waals surface area contributed by atoms with Crippen LogP contribution in [0.15, 0.2) is 17.0 Å². The van der Waals surface area contributed by atoms with E-state index in [1.165, 1.54) is 12.1 Å². The molecule has 0 radical (unpaired) electrons. The molecule has 124 valence electrons. The third kappa shape index (κ3) is 3.71. The fourth-order valence-corrected chi connectivity index (χ4v) is 5.15. The van der Waals surface area contributed by atoms with E-state index in [2.05, 4.69) is 10.0 Å². The van der Waals surface area contributed by atoms with Crippen molar-refractivity contribution in [1.82, 2.24) is 10.0 Å². The van der Waals surface area contributed by atoms with Gasteiger partial charge in [-0.1, -0.05) is 23.2 Å². The van der Waals surface area contributed by atoms with E-state index in [0.717, 1.165) is 25.7 Å². The van der Waals surface area contributed by atoms with Gasteiger partial charge in [0.25, 0.3) is 0 Å². The zero-order chi connectivity index (χ0) is 15.2. The molecular weight excluding hydrogens is 367 g/mol. The number of fused-ring (bicyclic) bond motifs is 2. The summed E-state index contributed by atoms with van der Waals surface area (Å²) in [7, 11) is -3.59. The molecule has 2 atom stereocenters. The molecule has 2 unspecified atom stereocenters. The van der Waals surface area contributed by atoms with E-state index < -0.39 is 10.0 Å². The molecule has 3 rings (SSSR count). The molecule has 2 fully saturated rings. The van der Waals surface area contributed by atoms with Crippen molar-refractivity contribution in [2.75, 3.05) is 0 Å². The number of piperidine rings is 1. The van der Waals surface area contributed by atoms with Crippen LogP contribution in [0.4, 0.5) is 0 Å². The average Bonchev–Trinajstić information content (AvgIpc) is 2.74. The lowest BCUT2D eigenvalue weighted by Crippen LogP contribution is -2.47. The van der Waals surface area contributed by atoms with E-state index in [4.69, 9.17) is 23.2 Å². The van der Waals surface area contributed by atoms with Crippen molar-refractivity contribution in [3.05, 3.63) is 27.7 Å². The highest BCUT2D eigenvalue weighted by atomic mass is 35.5. The molecule has 0 amide bonds. The van der Waals surface area contributed by atoms with Crippen LogP contribution in [0.1, 0.15) is 31.2 Å². The smallest absolute Gasteiger partial charge is 0.240 e. The van der Waals surface area contributed by atoms with Gasteiger partial charge in [0, 0.05) is 28.2 Å². The Labute approximate surface area is 147 Å². The quantitative estimate of drug-likeness (QED) is 0.839. The summed E-state index contributed by atoms with van der Waals surface area (Å²) in [6, 6.07) is 3.76. The van der Waals surface area contributed by atoms with Gasteiger partial charge in [-0.25, -0.2) is 13.1 Å². The minimum absolute atomic E-state index is 0. The SMILES string of the molecule is Cc1c(Cl)cc(S(=O)(=O)NC2CC3CCC(C2)N3)cc1Cl.Cl.